The van der Waals surface area contributed by atoms with Crippen molar-refractivity contribution < 1.29 is 20.2 Å². The van der Waals surface area contributed by atoms with Crippen molar-refractivity contribution in [3.63, 3.8) is 0 Å². The number of methoxy groups -OCH3 is 1. The minimum absolute atomic E-state index is 0.0536. The minimum Gasteiger partial charge on any atom is -0.497 e. The van der Waals surface area contributed by atoms with Crippen molar-refractivity contribution in [2.75, 3.05) is 12.4 Å². The van der Waals surface area contributed by atoms with E-state index in [2.05, 4.69) is 50.6 Å². The van der Waals surface area contributed by atoms with E-state index in [9.17, 15) is 4.79 Å². The number of carbonyl (C=O) groups excluding carboxylic acids is 1. The van der Waals surface area contributed by atoms with Crippen molar-refractivity contribution >= 4 is 11.6 Å². The largest absolute Gasteiger partial charge is 0.497 e. The number of benzene rings is 1. The lowest BCUT2D eigenvalue weighted by atomic mass is 9.79. The predicted molar refractivity (Wildman–Crippen MR) is 101 cm³/mol. The van der Waals surface area contributed by atoms with E-state index in [-0.39, 0.29) is 23.0 Å². The summed E-state index contributed by atoms with van der Waals surface area (Å²) in [5.41, 5.74) is 1.29. The molecular formula is C20H35N3O2+2. The normalized spacial score (nSPS) is 20.7. The monoisotopic (exact) mass is 349 g/mol. The lowest BCUT2D eigenvalue weighted by Crippen LogP contribution is -3.10. The summed E-state index contributed by atoms with van der Waals surface area (Å²) in [5.74, 6) is 0.804. The molecule has 0 aromatic heterocycles. The Labute approximate surface area is 151 Å². The average Bonchev–Trinajstić information content (AvgIpc) is 2.43. The SMILES string of the molecule is COc1cccc(NC(=O)C[C@@H](C)[NH2+]C2CC(C)(C)[NH2+]C(C)(C)C2)c1. The molecule has 0 aliphatic carbocycles. The summed E-state index contributed by atoms with van der Waals surface area (Å²) in [5, 5.41) is 7.85. The molecule has 2 rings (SSSR count). The number of hydrogen-bond donors (Lipinski definition) is 3. The molecule has 1 atom stereocenters. The molecule has 1 fully saturated rings. The van der Waals surface area contributed by atoms with Gasteiger partial charge < -0.3 is 20.7 Å². The molecule has 0 radical (unpaired) electrons. The van der Waals surface area contributed by atoms with Crippen molar-refractivity contribution in [3.05, 3.63) is 24.3 Å². The van der Waals surface area contributed by atoms with E-state index in [1.165, 1.54) is 0 Å². The first-order valence-electron chi connectivity index (χ1n) is 9.24. The third kappa shape index (κ3) is 6.33. The minimum atomic E-state index is 0.0536. The highest BCUT2D eigenvalue weighted by Crippen LogP contribution is 2.20. The maximum atomic E-state index is 12.3. The lowest BCUT2D eigenvalue weighted by Gasteiger charge is -2.42. The first kappa shape index (κ1) is 19.7. The van der Waals surface area contributed by atoms with Crippen molar-refractivity contribution in [3.8, 4) is 5.75 Å². The van der Waals surface area contributed by atoms with Gasteiger partial charge in [-0.05, 0) is 46.8 Å². The highest BCUT2D eigenvalue weighted by atomic mass is 16.5. The van der Waals surface area contributed by atoms with Crippen LogP contribution in [-0.4, -0.2) is 36.2 Å². The molecule has 1 aromatic rings. The maximum Gasteiger partial charge on any atom is 0.230 e. The summed E-state index contributed by atoms with van der Waals surface area (Å²) >= 11 is 0. The van der Waals surface area contributed by atoms with Crippen LogP contribution < -0.4 is 20.7 Å². The molecule has 5 nitrogen and oxygen atoms in total. The van der Waals surface area contributed by atoms with Crippen molar-refractivity contribution in [2.45, 2.75) is 77.0 Å². The molecular weight excluding hydrogens is 314 g/mol. The summed E-state index contributed by atoms with van der Waals surface area (Å²) < 4.78 is 5.20. The molecule has 140 valence electrons. The molecule has 1 aromatic carbocycles. The van der Waals surface area contributed by atoms with Gasteiger partial charge in [0.05, 0.1) is 49.5 Å². The first-order valence-corrected chi connectivity index (χ1v) is 9.24. The molecule has 1 aliphatic rings. The summed E-state index contributed by atoms with van der Waals surface area (Å²) in [7, 11) is 1.63. The van der Waals surface area contributed by atoms with Gasteiger partial charge in [-0.2, -0.15) is 0 Å². The molecule has 25 heavy (non-hydrogen) atoms. The lowest BCUT2D eigenvalue weighted by molar-refractivity contribution is -0.819. The van der Waals surface area contributed by atoms with Crippen LogP contribution in [0.4, 0.5) is 5.69 Å². The molecule has 0 bridgehead atoms. The topological polar surface area (TPSA) is 71.5 Å². The third-order valence-electron chi connectivity index (χ3n) is 4.82. The summed E-state index contributed by atoms with van der Waals surface area (Å²) in [4.78, 5) is 12.3. The molecule has 0 saturated carbocycles. The zero-order valence-electron chi connectivity index (χ0n) is 16.6. The van der Waals surface area contributed by atoms with Crippen molar-refractivity contribution in [1.29, 1.82) is 0 Å². The Kier molecular flexibility index (Phi) is 6.12. The standard InChI is InChI=1S/C20H33N3O2/c1-14(21-16-12-19(2,3)23-20(4,5)13-16)10-18(24)22-15-8-7-9-17(11-15)25-6/h7-9,11,14,16,21,23H,10,12-13H2,1-6H3,(H,22,24)/p+2/t14-/m1/s1. The highest BCUT2D eigenvalue weighted by Gasteiger charge is 2.43. The Bertz CT molecular complexity index is 582. The van der Waals surface area contributed by atoms with Gasteiger partial charge in [-0.3, -0.25) is 4.79 Å². The van der Waals surface area contributed by atoms with Crippen LogP contribution in [0.3, 0.4) is 0 Å². The molecule has 5 heteroatoms. The van der Waals surface area contributed by atoms with E-state index < -0.39 is 0 Å². The number of nitrogens with one attached hydrogen (secondary N) is 1. The number of anilines is 1. The third-order valence-corrected chi connectivity index (χ3v) is 4.82. The van der Waals surface area contributed by atoms with E-state index in [0.717, 1.165) is 24.3 Å². The van der Waals surface area contributed by atoms with Gasteiger partial charge in [-0.1, -0.05) is 6.07 Å². The number of amides is 1. The first-order chi connectivity index (χ1) is 11.6. The number of hydrogen-bond acceptors (Lipinski definition) is 2. The van der Waals surface area contributed by atoms with Crippen LogP contribution in [0.15, 0.2) is 24.3 Å². The number of rotatable bonds is 6. The summed E-state index contributed by atoms with van der Waals surface area (Å²) in [6.45, 7) is 11.4. The fraction of sp³-hybridized carbons (Fsp3) is 0.650. The molecule has 1 saturated heterocycles. The molecule has 0 unspecified atom stereocenters. The molecule has 1 heterocycles. The quantitative estimate of drug-likeness (QED) is 0.723. The van der Waals surface area contributed by atoms with E-state index >= 15 is 0 Å². The van der Waals surface area contributed by atoms with Crippen LogP contribution in [0, 0.1) is 0 Å². The van der Waals surface area contributed by atoms with Gasteiger partial charge >= 0.3 is 0 Å². The van der Waals surface area contributed by atoms with E-state index in [4.69, 9.17) is 4.74 Å². The fourth-order valence-electron chi connectivity index (χ4n) is 4.47. The van der Waals surface area contributed by atoms with Crippen LogP contribution in [0.1, 0.15) is 53.9 Å². The van der Waals surface area contributed by atoms with Crippen LogP contribution in [-0.2, 0) is 4.79 Å². The van der Waals surface area contributed by atoms with Crippen molar-refractivity contribution in [2.24, 2.45) is 0 Å². The molecule has 1 aliphatic heterocycles. The van der Waals surface area contributed by atoms with Crippen LogP contribution in [0.2, 0.25) is 0 Å². The highest BCUT2D eigenvalue weighted by molar-refractivity contribution is 5.91. The summed E-state index contributed by atoms with van der Waals surface area (Å²) in [6.07, 6.45) is 2.84. The summed E-state index contributed by atoms with van der Waals surface area (Å²) in [6, 6.07) is 8.31. The van der Waals surface area contributed by atoms with Gasteiger partial charge in [0.2, 0.25) is 5.91 Å². The van der Waals surface area contributed by atoms with Crippen LogP contribution in [0.5, 0.6) is 5.75 Å². The van der Waals surface area contributed by atoms with Gasteiger partial charge in [0.15, 0.2) is 0 Å². The second-order valence-electron chi connectivity index (χ2n) is 8.94. The number of piperidine rings is 1. The van der Waals surface area contributed by atoms with Gasteiger partial charge in [0, 0.05) is 11.8 Å². The van der Waals surface area contributed by atoms with Crippen molar-refractivity contribution in [1.82, 2.24) is 0 Å². The van der Waals surface area contributed by atoms with Crippen LogP contribution in [0.25, 0.3) is 0 Å². The van der Waals surface area contributed by atoms with Gasteiger partial charge in [0.1, 0.15) is 5.75 Å². The zero-order valence-corrected chi connectivity index (χ0v) is 16.6. The maximum absolute atomic E-state index is 12.3. The number of carbonyl (C=O) groups is 1. The van der Waals surface area contributed by atoms with E-state index in [1.807, 2.05) is 24.3 Å². The zero-order chi connectivity index (χ0) is 18.7. The van der Waals surface area contributed by atoms with Gasteiger partial charge in [-0.25, -0.2) is 0 Å². The Balaban J connectivity index is 1.86. The average molecular weight is 350 g/mol. The number of nitrogens with two attached hydrogens (primary N) is 2. The Morgan fingerprint density at radius 1 is 1.32 bits per heavy atom. The molecule has 0 spiro atoms. The number of ether oxygens (including phenoxy) is 1. The Hall–Kier alpha value is -1.59. The Morgan fingerprint density at radius 2 is 1.96 bits per heavy atom. The van der Waals surface area contributed by atoms with Gasteiger partial charge in [0.25, 0.3) is 0 Å². The number of quaternary nitrogens is 2. The van der Waals surface area contributed by atoms with E-state index in [1.54, 1.807) is 7.11 Å². The molecule has 1 amide bonds. The van der Waals surface area contributed by atoms with Gasteiger partial charge in [-0.15, -0.1) is 0 Å². The second-order valence-corrected chi connectivity index (χ2v) is 8.94. The predicted octanol–water partition coefficient (Wildman–Crippen LogP) is 1.26. The smallest absolute Gasteiger partial charge is 0.230 e. The van der Waals surface area contributed by atoms with E-state index in [0.29, 0.717) is 12.5 Å². The second kappa shape index (κ2) is 7.75. The Morgan fingerprint density at radius 3 is 2.56 bits per heavy atom. The molecule has 5 N–H and O–H groups in total. The van der Waals surface area contributed by atoms with Crippen LogP contribution >= 0.6 is 0 Å². The fourth-order valence-corrected chi connectivity index (χ4v) is 4.47.